The number of benzene rings is 12. The Morgan fingerprint density at radius 2 is 0.766 bits per heavy atom. The summed E-state index contributed by atoms with van der Waals surface area (Å²) in [5.41, 5.74) is 24.6. The van der Waals surface area contributed by atoms with Gasteiger partial charge in [0, 0.05) is 33.3 Å². The Balaban J connectivity index is 0.977. The second-order valence-electron chi connectivity index (χ2n) is 20.6. The summed E-state index contributed by atoms with van der Waals surface area (Å²) in [4.78, 5) is 5.03. The lowest BCUT2D eigenvalue weighted by molar-refractivity contribution is 0.669. The highest BCUT2D eigenvalue weighted by atomic mass is 16.3. The summed E-state index contributed by atoms with van der Waals surface area (Å²) in [5.74, 6) is 0. The lowest BCUT2D eigenvalue weighted by atomic mass is 9.64. The molecular weight excluding hydrogens is 933 g/mol. The van der Waals surface area contributed by atoms with Crippen LogP contribution >= 0.6 is 0 Å². The van der Waals surface area contributed by atoms with Gasteiger partial charge >= 0.3 is 0 Å². The highest BCUT2D eigenvalue weighted by Gasteiger charge is 2.53. The van der Waals surface area contributed by atoms with E-state index in [-0.39, 0.29) is 0 Å². The summed E-state index contributed by atoms with van der Waals surface area (Å²) < 4.78 is 6.28. The van der Waals surface area contributed by atoms with E-state index in [0.29, 0.717) is 0 Å². The molecule has 0 saturated carbocycles. The molecule has 1 aromatic heterocycles. The molecule has 13 aromatic rings. The van der Waals surface area contributed by atoms with Gasteiger partial charge in [-0.1, -0.05) is 224 Å². The van der Waals surface area contributed by atoms with Crippen molar-refractivity contribution in [1.29, 1.82) is 0 Å². The Labute approximate surface area is 447 Å². The zero-order valence-electron chi connectivity index (χ0n) is 42.0. The number of anilines is 6. The van der Waals surface area contributed by atoms with Crippen LogP contribution in [0, 0.1) is 0 Å². The summed E-state index contributed by atoms with van der Waals surface area (Å²) in [7, 11) is 0. The Kier molecular flexibility index (Phi) is 9.47. The number of rotatable bonds is 7. The first-order chi connectivity index (χ1) is 38.2. The molecule has 12 aromatic carbocycles. The number of nitrogens with zero attached hydrogens (tertiary/aromatic N) is 2. The van der Waals surface area contributed by atoms with E-state index in [0.717, 1.165) is 55.8 Å². The molecule has 2 aliphatic carbocycles. The maximum absolute atomic E-state index is 6.28. The van der Waals surface area contributed by atoms with Crippen molar-refractivity contribution in [3.63, 3.8) is 0 Å². The second-order valence-corrected chi connectivity index (χ2v) is 20.6. The lowest BCUT2D eigenvalue weighted by Gasteiger charge is -2.45. The van der Waals surface area contributed by atoms with Gasteiger partial charge < -0.3 is 14.2 Å². The van der Waals surface area contributed by atoms with Gasteiger partial charge in [-0.15, -0.1) is 0 Å². The maximum Gasteiger partial charge on any atom is 0.135 e. The van der Waals surface area contributed by atoms with E-state index < -0.39 is 10.8 Å². The second kappa shape index (κ2) is 16.8. The molecule has 0 atom stereocenters. The van der Waals surface area contributed by atoms with Crippen LogP contribution in [-0.2, 0) is 10.8 Å². The third-order valence-electron chi connectivity index (χ3n) is 16.9. The van der Waals surface area contributed by atoms with Crippen molar-refractivity contribution < 1.29 is 4.42 Å². The number of furan rings is 1. The fourth-order valence-electron chi connectivity index (χ4n) is 14.0. The fraction of sp³-hybridized carbons (Fsp3) is 0.0270. The summed E-state index contributed by atoms with van der Waals surface area (Å²) in [6, 6.07) is 108. The van der Waals surface area contributed by atoms with Crippen LogP contribution in [0.2, 0.25) is 0 Å². The molecule has 0 bridgehead atoms. The lowest BCUT2D eigenvalue weighted by Crippen LogP contribution is -2.36. The largest absolute Gasteiger partial charge is 0.456 e. The van der Waals surface area contributed by atoms with Crippen molar-refractivity contribution in [3.8, 4) is 33.4 Å². The van der Waals surface area contributed by atoms with Gasteiger partial charge in [-0.2, -0.15) is 0 Å². The summed E-state index contributed by atoms with van der Waals surface area (Å²) in [5, 5.41) is 2.24. The van der Waals surface area contributed by atoms with E-state index in [9.17, 15) is 0 Å². The highest BCUT2D eigenvalue weighted by Crippen LogP contribution is 2.66. The van der Waals surface area contributed by atoms with Crippen molar-refractivity contribution in [2.75, 3.05) is 9.80 Å². The first kappa shape index (κ1) is 43.4. The molecule has 3 heteroatoms. The molecule has 0 unspecified atom stereocenters. The van der Waals surface area contributed by atoms with Crippen LogP contribution in [0.25, 0.3) is 55.3 Å². The Morgan fingerprint density at radius 3 is 1.38 bits per heavy atom. The molecule has 16 rings (SSSR count). The molecular formula is C74H48N2O. The molecule has 1 spiro atoms. The van der Waals surface area contributed by atoms with Crippen LogP contribution in [0.5, 0.6) is 0 Å². The average Bonchev–Trinajstić information content (AvgIpc) is 3.60. The summed E-state index contributed by atoms with van der Waals surface area (Å²) in [6.45, 7) is 0. The van der Waals surface area contributed by atoms with Gasteiger partial charge in [0.15, 0.2) is 0 Å². The highest BCUT2D eigenvalue weighted by molar-refractivity contribution is 6.07. The molecule has 0 fully saturated rings. The average molecular weight is 981 g/mol. The molecule has 0 amide bonds. The zero-order valence-corrected chi connectivity index (χ0v) is 42.0. The predicted molar refractivity (Wildman–Crippen MR) is 317 cm³/mol. The van der Waals surface area contributed by atoms with E-state index >= 15 is 0 Å². The SMILES string of the molecule is c1ccc(N2c3ccccc3C3(c4ccccc4-c4c(N(c5ccc(-c6ccc7oc8ccccc8c7c6)cc5)c5cccc6c5-c5ccccc5C6(c5ccccc5)c5ccccc5)cccc43)c3ccccc32)cc1. The third kappa shape index (κ3) is 6.02. The number of fused-ring (bicyclic) bond motifs is 15. The van der Waals surface area contributed by atoms with Crippen LogP contribution < -0.4 is 9.80 Å². The minimum atomic E-state index is -0.632. The van der Waals surface area contributed by atoms with Gasteiger partial charge in [0.25, 0.3) is 0 Å². The van der Waals surface area contributed by atoms with Crippen LogP contribution in [-0.4, -0.2) is 0 Å². The van der Waals surface area contributed by atoms with Crippen LogP contribution in [0.15, 0.2) is 296 Å². The van der Waals surface area contributed by atoms with Crippen molar-refractivity contribution in [2.45, 2.75) is 10.8 Å². The standard InChI is InChI=1S/C74H48N2O/c1-4-22-51(23-5-1)73(52-24-6-2-7-25-52)59-31-13-10-29-56(59)71-63(73)35-20-39-67(71)76(54-45-42-49(43-46-54)50-44-47-70-58(48-50)55-28-12-19-41-69(55)77-70)68-40-21-36-64-72(68)57-30-11-14-32-60(57)74(64)61-33-15-17-37-65(61)75(53-26-8-3-9-27-53)66-38-18-16-34-62(66)74/h1-48H. The molecule has 0 radical (unpaired) electrons. The topological polar surface area (TPSA) is 19.6 Å². The molecule has 77 heavy (non-hydrogen) atoms. The molecule has 3 nitrogen and oxygen atoms in total. The van der Waals surface area contributed by atoms with Crippen LogP contribution in [0.4, 0.5) is 34.1 Å². The van der Waals surface area contributed by atoms with E-state index in [1.54, 1.807) is 0 Å². The van der Waals surface area contributed by atoms with Crippen LogP contribution in [0.3, 0.4) is 0 Å². The molecule has 360 valence electrons. The minimum absolute atomic E-state index is 0.578. The third-order valence-corrected chi connectivity index (χ3v) is 16.9. The van der Waals surface area contributed by atoms with Crippen molar-refractivity contribution in [3.05, 3.63) is 336 Å². The van der Waals surface area contributed by atoms with E-state index in [2.05, 4.69) is 289 Å². The van der Waals surface area contributed by atoms with Crippen LogP contribution in [0.1, 0.15) is 44.5 Å². The molecule has 2 heterocycles. The van der Waals surface area contributed by atoms with Crippen molar-refractivity contribution in [1.82, 2.24) is 0 Å². The zero-order chi connectivity index (χ0) is 50.7. The molecule has 0 N–H and O–H groups in total. The Morgan fingerprint density at radius 1 is 0.312 bits per heavy atom. The summed E-state index contributed by atoms with van der Waals surface area (Å²) >= 11 is 0. The number of para-hydroxylation sites is 4. The Hall–Kier alpha value is -9.96. The fourth-order valence-corrected chi connectivity index (χ4v) is 14.0. The van der Waals surface area contributed by atoms with Gasteiger partial charge in [0.2, 0.25) is 0 Å². The predicted octanol–water partition coefficient (Wildman–Crippen LogP) is 19.2. The first-order valence-corrected chi connectivity index (χ1v) is 26.7. The van der Waals surface area contributed by atoms with Crippen molar-refractivity contribution in [2.24, 2.45) is 0 Å². The number of hydrogen-bond acceptors (Lipinski definition) is 3. The quantitative estimate of drug-likeness (QED) is 0.159. The maximum atomic E-state index is 6.28. The molecule has 3 aliphatic rings. The summed E-state index contributed by atoms with van der Waals surface area (Å²) in [6.07, 6.45) is 0. The van der Waals surface area contributed by atoms with Gasteiger partial charge in [-0.25, -0.2) is 0 Å². The smallest absolute Gasteiger partial charge is 0.135 e. The Bertz CT molecular complexity index is 4370. The van der Waals surface area contributed by atoms with Gasteiger partial charge in [-0.3, -0.25) is 0 Å². The van der Waals surface area contributed by atoms with Gasteiger partial charge in [0.05, 0.1) is 33.6 Å². The number of hydrogen-bond donors (Lipinski definition) is 0. The molecule has 1 aliphatic heterocycles. The monoisotopic (exact) mass is 980 g/mol. The van der Waals surface area contributed by atoms with Gasteiger partial charge in [-0.05, 0) is 133 Å². The molecule has 0 saturated heterocycles. The van der Waals surface area contributed by atoms with E-state index in [4.69, 9.17) is 4.42 Å². The van der Waals surface area contributed by atoms with E-state index in [1.165, 1.54) is 78.1 Å². The van der Waals surface area contributed by atoms with Gasteiger partial charge in [0.1, 0.15) is 11.2 Å². The minimum Gasteiger partial charge on any atom is -0.456 e. The normalized spacial score (nSPS) is 13.9. The van der Waals surface area contributed by atoms with Crippen molar-refractivity contribution >= 4 is 56.1 Å². The van der Waals surface area contributed by atoms with E-state index in [1.807, 2.05) is 12.1 Å². The first-order valence-electron chi connectivity index (χ1n) is 26.7.